The lowest BCUT2D eigenvalue weighted by atomic mass is 9.80. The van der Waals surface area contributed by atoms with Crippen LogP contribution in [-0.2, 0) is 0 Å². The first-order valence-electron chi connectivity index (χ1n) is 5.38. The average Bonchev–Trinajstić information content (AvgIpc) is 2.37. The van der Waals surface area contributed by atoms with Gasteiger partial charge in [-0.2, -0.15) is 0 Å². The molecule has 1 heteroatoms. The third-order valence-electron chi connectivity index (χ3n) is 4.84. The van der Waals surface area contributed by atoms with Gasteiger partial charge in [0.05, 0.1) is 0 Å². The standard InChI is InChI=1S/C11H19N/c1-12(2)11-6-8-3-9(7-11)5-10(11)4-8/h8-10H,3-7H2,1-2H3. The van der Waals surface area contributed by atoms with Gasteiger partial charge >= 0.3 is 0 Å². The summed E-state index contributed by atoms with van der Waals surface area (Å²) in [5.41, 5.74) is 0.660. The van der Waals surface area contributed by atoms with Crippen LogP contribution < -0.4 is 0 Å². The van der Waals surface area contributed by atoms with E-state index in [9.17, 15) is 0 Å². The van der Waals surface area contributed by atoms with Gasteiger partial charge in [0.15, 0.2) is 0 Å². The van der Waals surface area contributed by atoms with E-state index in [1.54, 1.807) is 19.3 Å². The Bertz CT molecular complexity index is 195. The highest BCUT2D eigenvalue weighted by Crippen LogP contribution is 2.62. The van der Waals surface area contributed by atoms with Crippen molar-refractivity contribution in [1.82, 2.24) is 4.90 Å². The summed E-state index contributed by atoms with van der Waals surface area (Å²) in [6.45, 7) is 0. The third kappa shape index (κ3) is 0.693. The second kappa shape index (κ2) is 2.06. The average molecular weight is 165 g/mol. The molecule has 2 unspecified atom stereocenters. The van der Waals surface area contributed by atoms with Crippen molar-refractivity contribution >= 4 is 0 Å². The van der Waals surface area contributed by atoms with E-state index in [2.05, 4.69) is 19.0 Å². The van der Waals surface area contributed by atoms with E-state index < -0.39 is 0 Å². The fraction of sp³-hybridized carbons (Fsp3) is 1.00. The molecule has 0 aromatic rings. The summed E-state index contributed by atoms with van der Waals surface area (Å²) >= 11 is 0. The molecule has 4 saturated carbocycles. The van der Waals surface area contributed by atoms with Crippen molar-refractivity contribution in [1.29, 1.82) is 0 Å². The highest BCUT2D eigenvalue weighted by atomic mass is 15.2. The molecule has 0 aliphatic heterocycles. The SMILES string of the molecule is CN(C)C12CC3CC(CC1C3)C2. The summed E-state index contributed by atoms with van der Waals surface area (Å²) in [5.74, 6) is 3.27. The molecule has 0 amide bonds. The predicted molar refractivity (Wildman–Crippen MR) is 50.0 cm³/mol. The molecule has 0 radical (unpaired) electrons. The summed E-state index contributed by atoms with van der Waals surface area (Å²) in [6, 6.07) is 0. The quantitative estimate of drug-likeness (QED) is 0.575. The molecule has 2 atom stereocenters. The van der Waals surface area contributed by atoms with Crippen LogP contribution in [0, 0.1) is 17.8 Å². The Hall–Kier alpha value is -0.0400. The zero-order valence-electron chi connectivity index (χ0n) is 8.21. The fourth-order valence-electron chi connectivity index (χ4n) is 4.48. The van der Waals surface area contributed by atoms with Gasteiger partial charge in [0.1, 0.15) is 0 Å². The first-order valence-corrected chi connectivity index (χ1v) is 5.38. The van der Waals surface area contributed by atoms with Crippen LogP contribution in [0.2, 0.25) is 0 Å². The Morgan fingerprint density at radius 3 is 2.00 bits per heavy atom. The van der Waals surface area contributed by atoms with Crippen LogP contribution in [-0.4, -0.2) is 24.5 Å². The predicted octanol–water partition coefficient (Wildman–Crippen LogP) is 2.13. The molecule has 0 saturated heterocycles. The molecule has 4 rings (SSSR count). The Balaban J connectivity index is 1.98. The van der Waals surface area contributed by atoms with E-state index in [1.807, 2.05) is 0 Å². The smallest absolute Gasteiger partial charge is 0.0237 e. The summed E-state index contributed by atoms with van der Waals surface area (Å²) in [5, 5.41) is 0. The molecule has 0 heterocycles. The Labute approximate surface area is 75.1 Å². The van der Waals surface area contributed by atoms with Crippen LogP contribution in [0.25, 0.3) is 0 Å². The van der Waals surface area contributed by atoms with Crippen molar-refractivity contribution in [2.45, 2.75) is 37.6 Å². The molecular weight excluding hydrogens is 146 g/mol. The van der Waals surface area contributed by atoms with Crippen molar-refractivity contribution in [3.8, 4) is 0 Å². The van der Waals surface area contributed by atoms with Gasteiger partial charge in [0.2, 0.25) is 0 Å². The van der Waals surface area contributed by atoms with Gasteiger partial charge in [-0.15, -0.1) is 0 Å². The van der Waals surface area contributed by atoms with E-state index in [0.717, 1.165) is 17.8 Å². The molecule has 12 heavy (non-hydrogen) atoms. The number of rotatable bonds is 1. The van der Waals surface area contributed by atoms with Crippen molar-refractivity contribution in [2.75, 3.05) is 14.1 Å². The molecule has 4 aliphatic rings. The van der Waals surface area contributed by atoms with Crippen molar-refractivity contribution in [3.63, 3.8) is 0 Å². The second-order valence-electron chi connectivity index (χ2n) is 5.54. The van der Waals surface area contributed by atoms with E-state index in [1.165, 1.54) is 12.8 Å². The minimum atomic E-state index is 0.660. The van der Waals surface area contributed by atoms with Crippen molar-refractivity contribution in [3.05, 3.63) is 0 Å². The van der Waals surface area contributed by atoms with Gasteiger partial charge in [-0.1, -0.05) is 0 Å². The minimum Gasteiger partial charge on any atom is -0.303 e. The number of hydrogen-bond donors (Lipinski definition) is 0. The zero-order chi connectivity index (χ0) is 8.34. The molecule has 4 fully saturated rings. The maximum atomic E-state index is 2.54. The normalized spacial score (nSPS) is 55.8. The lowest BCUT2D eigenvalue weighted by Crippen LogP contribution is -2.45. The Morgan fingerprint density at radius 1 is 1.00 bits per heavy atom. The van der Waals surface area contributed by atoms with E-state index in [0.29, 0.717) is 5.54 Å². The van der Waals surface area contributed by atoms with Gasteiger partial charge in [-0.25, -0.2) is 0 Å². The van der Waals surface area contributed by atoms with Crippen molar-refractivity contribution in [2.24, 2.45) is 17.8 Å². The lowest BCUT2D eigenvalue weighted by Gasteiger charge is -2.39. The first-order chi connectivity index (χ1) is 5.71. The van der Waals surface area contributed by atoms with Crippen LogP contribution in [0.4, 0.5) is 0 Å². The highest BCUT2D eigenvalue weighted by Gasteiger charge is 2.58. The van der Waals surface area contributed by atoms with Gasteiger partial charge in [0.25, 0.3) is 0 Å². The summed E-state index contributed by atoms with van der Waals surface area (Å²) in [7, 11) is 4.59. The van der Waals surface area contributed by atoms with Gasteiger partial charge in [-0.05, 0) is 64.0 Å². The Kier molecular flexibility index (Phi) is 1.27. The molecule has 68 valence electrons. The lowest BCUT2D eigenvalue weighted by molar-refractivity contribution is 0.110. The molecule has 0 N–H and O–H groups in total. The zero-order valence-corrected chi connectivity index (χ0v) is 8.21. The molecule has 4 aliphatic carbocycles. The first kappa shape index (κ1) is 7.37. The third-order valence-corrected chi connectivity index (χ3v) is 4.84. The van der Waals surface area contributed by atoms with Crippen LogP contribution in [0.3, 0.4) is 0 Å². The maximum Gasteiger partial charge on any atom is 0.0237 e. The van der Waals surface area contributed by atoms with Gasteiger partial charge in [-0.3, -0.25) is 0 Å². The second-order valence-corrected chi connectivity index (χ2v) is 5.54. The monoisotopic (exact) mass is 165 g/mol. The molecule has 1 nitrogen and oxygen atoms in total. The largest absolute Gasteiger partial charge is 0.303 e. The molecule has 0 aromatic carbocycles. The summed E-state index contributed by atoms with van der Waals surface area (Å²) in [4.78, 5) is 2.54. The molecule has 0 spiro atoms. The van der Waals surface area contributed by atoms with Gasteiger partial charge in [0, 0.05) is 5.54 Å². The van der Waals surface area contributed by atoms with Gasteiger partial charge < -0.3 is 4.90 Å². The van der Waals surface area contributed by atoms with Crippen LogP contribution in [0.5, 0.6) is 0 Å². The van der Waals surface area contributed by atoms with Crippen LogP contribution in [0.15, 0.2) is 0 Å². The molecule has 4 bridgehead atoms. The van der Waals surface area contributed by atoms with Crippen LogP contribution >= 0.6 is 0 Å². The van der Waals surface area contributed by atoms with E-state index >= 15 is 0 Å². The summed E-state index contributed by atoms with van der Waals surface area (Å²) < 4.78 is 0. The molecule has 0 aromatic heterocycles. The number of nitrogens with zero attached hydrogens (tertiary/aromatic N) is 1. The topological polar surface area (TPSA) is 3.24 Å². The number of hydrogen-bond acceptors (Lipinski definition) is 1. The van der Waals surface area contributed by atoms with Crippen LogP contribution in [0.1, 0.15) is 32.1 Å². The highest BCUT2D eigenvalue weighted by molar-refractivity contribution is 5.12. The molecular formula is C11H19N. The van der Waals surface area contributed by atoms with E-state index in [-0.39, 0.29) is 0 Å². The maximum absolute atomic E-state index is 2.54. The summed E-state index contributed by atoms with van der Waals surface area (Å²) in [6.07, 6.45) is 7.69. The Morgan fingerprint density at radius 2 is 1.58 bits per heavy atom. The fourth-order valence-corrected chi connectivity index (χ4v) is 4.48. The minimum absolute atomic E-state index is 0.660. The van der Waals surface area contributed by atoms with E-state index in [4.69, 9.17) is 0 Å². The van der Waals surface area contributed by atoms with Crippen molar-refractivity contribution < 1.29 is 0 Å².